The van der Waals surface area contributed by atoms with E-state index in [0.29, 0.717) is 12.0 Å². The Morgan fingerprint density at radius 2 is 1.95 bits per heavy atom. The molecule has 1 aromatic carbocycles. The Kier molecular flexibility index (Phi) is 9.19. The summed E-state index contributed by atoms with van der Waals surface area (Å²) in [6.45, 7) is 5.94. The van der Waals surface area contributed by atoms with Gasteiger partial charge in [0, 0.05) is 37.2 Å². The molecular formula is C16H27IN4S. The molecule has 1 atom stereocenters. The highest BCUT2D eigenvalue weighted by Gasteiger charge is 2.13. The number of nitrogens with two attached hydrogens (primary N) is 1. The monoisotopic (exact) mass is 434 g/mol. The molecule has 1 aliphatic heterocycles. The Morgan fingerprint density at radius 1 is 1.32 bits per heavy atom. The van der Waals surface area contributed by atoms with E-state index in [1.54, 1.807) is 0 Å². The molecule has 0 bridgehead atoms. The van der Waals surface area contributed by atoms with Crippen LogP contribution in [0.1, 0.15) is 12.5 Å². The standard InChI is InChI=1S/C16H26N4S.HI/c1-14(19(2)13-15-6-4-3-5-7-15)12-18-16(17)20-8-10-21-11-9-20;/h3-7,14H,8-13H2,1-2H3,(H2,17,18);1H. The Morgan fingerprint density at radius 3 is 2.59 bits per heavy atom. The highest BCUT2D eigenvalue weighted by atomic mass is 127. The normalized spacial score (nSPS) is 17.2. The minimum Gasteiger partial charge on any atom is -0.370 e. The molecule has 1 aliphatic rings. The fraction of sp³-hybridized carbons (Fsp3) is 0.562. The van der Waals surface area contributed by atoms with E-state index in [0.717, 1.165) is 37.7 Å². The van der Waals surface area contributed by atoms with Crippen LogP contribution in [0.5, 0.6) is 0 Å². The maximum atomic E-state index is 6.10. The summed E-state index contributed by atoms with van der Waals surface area (Å²) in [7, 11) is 2.14. The molecule has 0 aromatic heterocycles. The number of benzene rings is 1. The highest BCUT2D eigenvalue weighted by molar-refractivity contribution is 14.0. The van der Waals surface area contributed by atoms with Gasteiger partial charge in [-0.15, -0.1) is 24.0 Å². The molecule has 4 nitrogen and oxygen atoms in total. The smallest absolute Gasteiger partial charge is 0.191 e. The van der Waals surface area contributed by atoms with Crippen LogP contribution >= 0.6 is 35.7 Å². The van der Waals surface area contributed by atoms with Crippen LogP contribution in [0.2, 0.25) is 0 Å². The summed E-state index contributed by atoms with van der Waals surface area (Å²) < 4.78 is 0. The Labute approximate surface area is 155 Å². The van der Waals surface area contributed by atoms with Gasteiger partial charge in [-0.1, -0.05) is 30.3 Å². The van der Waals surface area contributed by atoms with Crippen LogP contribution in [0.15, 0.2) is 35.3 Å². The van der Waals surface area contributed by atoms with Gasteiger partial charge in [0.25, 0.3) is 0 Å². The lowest BCUT2D eigenvalue weighted by molar-refractivity contribution is 0.254. The molecule has 2 rings (SSSR count). The van der Waals surface area contributed by atoms with Crippen molar-refractivity contribution >= 4 is 41.7 Å². The minimum absolute atomic E-state index is 0. The molecule has 0 saturated carbocycles. The molecule has 1 saturated heterocycles. The van der Waals surface area contributed by atoms with Gasteiger partial charge in [0.15, 0.2) is 5.96 Å². The van der Waals surface area contributed by atoms with Crippen LogP contribution < -0.4 is 5.73 Å². The summed E-state index contributed by atoms with van der Waals surface area (Å²) in [5, 5.41) is 0. The molecule has 0 radical (unpaired) electrons. The van der Waals surface area contributed by atoms with Crippen molar-refractivity contribution in [2.75, 3.05) is 38.2 Å². The van der Waals surface area contributed by atoms with Crippen LogP contribution in [0.4, 0.5) is 0 Å². The first-order valence-corrected chi connectivity index (χ1v) is 8.69. The van der Waals surface area contributed by atoms with Gasteiger partial charge in [0.2, 0.25) is 0 Å². The van der Waals surface area contributed by atoms with Gasteiger partial charge in [-0.2, -0.15) is 11.8 Å². The average molecular weight is 434 g/mol. The molecule has 22 heavy (non-hydrogen) atoms. The summed E-state index contributed by atoms with van der Waals surface area (Å²) in [4.78, 5) is 9.09. The van der Waals surface area contributed by atoms with Gasteiger partial charge in [-0.05, 0) is 19.5 Å². The van der Waals surface area contributed by atoms with Crippen LogP contribution in [0.3, 0.4) is 0 Å². The van der Waals surface area contributed by atoms with Crippen LogP contribution in [0.25, 0.3) is 0 Å². The van der Waals surface area contributed by atoms with Crippen LogP contribution in [-0.4, -0.2) is 60.0 Å². The van der Waals surface area contributed by atoms with Crippen LogP contribution in [0, 0.1) is 0 Å². The zero-order chi connectivity index (χ0) is 15.1. The maximum absolute atomic E-state index is 6.10. The number of aliphatic imine (C=N–C) groups is 1. The van der Waals surface area contributed by atoms with Crippen molar-refractivity contribution in [1.29, 1.82) is 0 Å². The molecular weight excluding hydrogens is 407 g/mol. The Hall–Kier alpha value is -0.470. The molecule has 124 valence electrons. The molecule has 1 unspecified atom stereocenters. The third-order valence-corrected chi connectivity index (χ3v) is 4.82. The van der Waals surface area contributed by atoms with Crippen LogP contribution in [-0.2, 0) is 6.54 Å². The average Bonchev–Trinajstić information content (AvgIpc) is 2.54. The number of rotatable bonds is 5. The Bertz CT molecular complexity index is 449. The van der Waals surface area contributed by atoms with E-state index in [1.807, 2.05) is 11.8 Å². The predicted octanol–water partition coefficient (Wildman–Crippen LogP) is 2.49. The summed E-state index contributed by atoms with van der Waals surface area (Å²) in [5.74, 6) is 3.01. The van der Waals surface area contributed by atoms with Gasteiger partial charge in [-0.3, -0.25) is 9.89 Å². The predicted molar refractivity (Wildman–Crippen MR) is 108 cm³/mol. The second-order valence-electron chi connectivity index (χ2n) is 5.55. The number of thioether (sulfide) groups is 1. The first kappa shape index (κ1) is 19.6. The van der Waals surface area contributed by atoms with Crippen molar-refractivity contribution in [1.82, 2.24) is 9.80 Å². The molecule has 1 heterocycles. The van der Waals surface area contributed by atoms with Gasteiger partial charge in [0.05, 0.1) is 6.54 Å². The van der Waals surface area contributed by atoms with E-state index in [2.05, 4.69) is 59.1 Å². The zero-order valence-electron chi connectivity index (χ0n) is 13.4. The van der Waals surface area contributed by atoms with E-state index >= 15 is 0 Å². The van der Waals surface area contributed by atoms with Crippen molar-refractivity contribution in [3.05, 3.63) is 35.9 Å². The summed E-state index contributed by atoms with van der Waals surface area (Å²) >= 11 is 1.99. The highest BCUT2D eigenvalue weighted by Crippen LogP contribution is 2.09. The first-order valence-electron chi connectivity index (χ1n) is 7.53. The van der Waals surface area contributed by atoms with Crippen molar-refractivity contribution < 1.29 is 0 Å². The van der Waals surface area contributed by atoms with E-state index in [1.165, 1.54) is 5.56 Å². The van der Waals surface area contributed by atoms with Crippen molar-refractivity contribution in [2.24, 2.45) is 10.7 Å². The number of nitrogens with zero attached hydrogens (tertiary/aromatic N) is 3. The third-order valence-electron chi connectivity index (χ3n) is 3.88. The van der Waals surface area contributed by atoms with Gasteiger partial charge < -0.3 is 10.6 Å². The minimum atomic E-state index is 0. The van der Waals surface area contributed by atoms with Gasteiger partial charge >= 0.3 is 0 Å². The number of likely N-dealkylation sites (N-methyl/N-ethyl adjacent to an activating group) is 1. The fourth-order valence-corrected chi connectivity index (χ4v) is 3.19. The summed E-state index contributed by atoms with van der Waals surface area (Å²) in [5.41, 5.74) is 7.43. The summed E-state index contributed by atoms with van der Waals surface area (Å²) in [6, 6.07) is 10.9. The lowest BCUT2D eigenvalue weighted by atomic mass is 10.2. The lowest BCUT2D eigenvalue weighted by Crippen LogP contribution is -2.43. The number of halogens is 1. The molecule has 0 amide bonds. The molecule has 0 spiro atoms. The number of hydrogen-bond donors (Lipinski definition) is 1. The topological polar surface area (TPSA) is 44.9 Å². The lowest BCUT2D eigenvalue weighted by Gasteiger charge is -2.28. The fourth-order valence-electron chi connectivity index (χ4n) is 2.28. The number of hydrogen-bond acceptors (Lipinski definition) is 3. The quantitative estimate of drug-likeness (QED) is 0.440. The first-order chi connectivity index (χ1) is 10.2. The second kappa shape index (κ2) is 10.3. The molecule has 0 aliphatic carbocycles. The summed E-state index contributed by atoms with van der Waals surface area (Å²) in [6.07, 6.45) is 0. The Balaban J connectivity index is 0.00000242. The van der Waals surface area contributed by atoms with E-state index in [9.17, 15) is 0 Å². The third kappa shape index (κ3) is 6.34. The van der Waals surface area contributed by atoms with Crippen molar-refractivity contribution in [3.8, 4) is 0 Å². The molecule has 6 heteroatoms. The van der Waals surface area contributed by atoms with Gasteiger partial charge in [-0.25, -0.2) is 0 Å². The second-order valence-corrected chi connectivity index (χ2v) is 6.77. The van der Waals surface area contributed by atoms with E-state index in [4.69, 9.17) is 5.73 Å². The van der Waals surface area contributed by atoms with Crippen molar-refractivity contribution in [2.45, 2.75) is 19.5 Å². The SMILES string of the molecule is CC(CN=C(N)N1CCSCC1)N(C)Cc1ccccc1.I. The number of guanidine groups is 1. The zero-order valence-corrected chi connectivity index (χ0v) is 16.6. The van der Waals surface area contributed by atoms with Gasteiger partial charge in [0.1, 0.15) is 0 Å². The maximum Gasteiger partial charge on any atom is 0.191 e. The van der Waals surface area contributed by atoms with Crippen molar-refractivity contribution in [3.63, 3.8) is 0 Å². The molecule has 1 fully saturated rings. The van der Waals surface area contributed by atoms with E-state index < -0.39 is 0 Å². The van der Waals surface area contributed by atoms with E-state index in [-0.39, 0.29) is 24.0 Å². The largest absolute Gasteiger partial charge is 0.370 e. The molecule has 1 aromatic rings. The molecule has 2 N–H and O–H groups in total.